The lowest BCUT2D eigenvalue weighted by Gasteiger charge is -2.29. The molecular formula is C25H24F2N6O. The van der Waals surface area contributed by atoms with Crippen LogP contribution in [0.25, 0.3) is 11.0 Å². The largest absolute Gasteiger partial charge is 0.338 e. The number of halogens is 2. The summed E-state index contributed by atoms with van der Waals surface area (Å²) in [4.78, 5) is 19.5. The molecule has 0 bridgehead atoms. The minimum atomic E-state index is -0.595. The molecule has 9 heteroatoms. The van der Waals surface area contributed by atoms with Crippen LogP contribution in [0.2, 0.25) is 0 Å². The van der Waals surface area contributed by atoms with E-state index in [1.54, 1.807) is 12.1 Å². The predicted octanol–water partition coefficient (Wildman–Crippen LogP) is 5.04. The average molecular weight is 463 g/mol. The van der Waals surface area contributed by atoms with E-state index in [9.17, 15) is 13.6 Å². The molecule has 0 radical (unpaired) electrons. The monoisotopic (exact) mass is 462 g/mol. The number of rotatable bonds is 5. The molecule has 174 valence electrons. The number of aromatic amines is 1. The SMILES string of the molecule is CN1CCC(c2ccc(C(=O)Nc3n[nH]c4nc(Nc5cc(F)ccc5F)ccc34)cc2)CC1. The van der Waals surface area contributed by atoms with E-state index in [1.165, 1.54) is 5.56 Å². The Labute approximate surface area is 195 Å². The number of carbonyl (C=O) groups is 1. The number of pyridine rings is 1. The topological polar surface area (TPSA) is 85.9 Å². The molecule has 1 aliphatic heterocycles. The quantitative estimate of drug-likeness (QED) is 0.387. The van der Waals surface area contributed by atoms with Gasteiger partial charge in [-0.1, -0.05) is 12.1 Å². The Hall–Kier alpha value is -3.85. The first-order valence-corrected chi connectivity index (χ1v) is 11.1. The Morgan fingerprint density at radius 3 is 2.59 bits per heavy atom. The van der Waals surface area contributed by atoms with Gasteiger partial charge in [0.2, 0.25) is 0 Å². The zero-order valence-electron chi connectivity index (χ0n) is 18.6. The van der Waals surface area contributed by atoms with E-state index in [1.807, 2.05) is 24.3 Å². The van der Waals surface area contributed by atoms with Gasteiger partial charge in [0.25, 0.3) is 5.91 Å². The minimum Gasteiger partial charge on any atom is -0.338 e. The number of hydrogen-bond donors (Lipinski definition) is 3. The molecule has 0 atom stereocenters. The van der Waals surface area contributed by atoms with Crippen LogP contribution in [0.5, 0.6) is 0 Å². The molecule has 1 amide bonds. The van der Waals surface area contributed by atoms with E-state index in [2.05, 4.69) is 37.8 Å². The zero-order valence-corrected chi connectivity index (χ0v) is 18.6. The van der Waals surface area contributed by atoms with Crippen LogP contribution in [0.15, 0.2) is 54.6 Å². The smallest absolute Gasteiger partial charge is 0.256 e. The van der Waals surface area contributed by atoms with E-state index in [0.717, 1.165) is 44.1 Å². The Morgan fingerprint density at radius 2 is 1.82 bits per heavy atom. The van der Waals surface area contributed by atoms with Crippen LogP contribution in [0.3, 0.4) is 0 Å². The van der Waals surface area contributed by atoms with Crippen LogP contribution < -0.4 is 10.6 Å². The van der Waals surface area contributed by atoms with Crippen molar-refractivity contribution in [1.82, 2.24) is 20.1 Å². The third kappa shape index (κ3) is 4.60. The van der Waals surface area contributed by atoms with Gasteiger partial charge in [0.1, 0.15) is 17.5 Å². The fourth-order valence-electron chi connectivity index (χ4n) is 4.23. The summed E-state index contributed by atoms with van der Waals surface area (Å²) in [5.74, 6) is -0.248. The molecule has 34 heavy (non-hydrogen) atoms. The second kappa shape index (κ2) is 9.18. The second-order valence-corrected chi connectivity index (χ2v) is 8.57. The highest BCUT2D eigenvalue weighted by atomic mass is 19.1. The molecule has 0 spiro atoms. The second-order valence-electron chi connectivity index (χ2n) is 8.57. The van der Waals surface area contributed by atoms with Gasteiger partial charge >= 0.3 is 0 Å². The molecule has 3 N–H and O–H groups in total. The summed E-state index contributed by atoms with van der Waals surface area (Å²) in [6.07, 6.45) is 2.24. The number of hydrogen-bond acceptors (Lipinski definition) is 5. The van der Waals surface area contributed by atoms with Crippen molar-refractivity contribution in [1.29, 1.82) is 0 Å². The highest BCUT2D eigenvalue weighted by Crippen LogP contribution is 2.28. The third-order valence-electron chi connectivity index (χ3n) is 6.21. The molecule has 7 nitrogen and oxygen atoms in total. The zero-order chi connectivity index (χ0) is 23.7. The Balaban J connectivity index is 1.28. The van der Waals surface area contributed by atoms with Gasteiger partial charge in [-0.2, -0.15) is 5.10 Å². The predicted molar refractivity (Wildman–Crippen MR) is 127 cm³/mol. The molecule has 1 saturated heterocycles. The summed E-state index contributed by atoms with van der Waals surface area (Å²) in [5, 5.41) is 13.1. The van der Waals surface area contributed by atoms with Gasteiger partial charge in [-0.25, -0.2) is 13.8 Å². The maximum Gasteiger partial charge on any atom is 0.256 e. The number of H-pyrrole nitrogens is 1. The summed E-state index contributed by atoms with van der Waals surface area (Å²) < 4.78 is 27.3. The van der Waals surface area contributed by atoms with E-state index in [4.69, 9.17) is 0 Å². The lowest BCUT2D eigenvalue weighted by molar-refractivity contribution is 0.102. The van der Waals surface area contributed by atoms with Gasteiger partial charge in [0, 0.05) is 11.6 Å². The molecule has 1 fully saturated rings. The van der Waals surface area contributed by atoms with Crippen LogP contribution in [0, 0.1) is 11.6 Å². The lowest BCUT2D eigenvalue weighted by atomic mass is 9.89. The number of carbonyl (C=O) groups excluding carboxylic acids is 1. The number of fused-ring (bicyclic) bond motifs is 1. The molecule has 4 aromatic rings. The summed E-state index contributed by atoms with van der Waals surface area (Å²) in [6.45, 7) is 2.17. The van der Waals surface area contributed by atoms with Crippen molar-refractivity contribution in [2.24, 2.45) is 0 Å². The summed E-state index contributed by atoms with van der Waals surface area (Å²) in [7, 11) is 2.14. The van der Waals surface area contributed by atoms with Gasteiger partial charge in [0.05, 0.1) is 11.1 Å². The van der Waals surface area contributed by atoms with Crippen molar-refractivity contribution in [2.45, 2.75) is 18.8 Å². The van der Waals surface area contributed by atoms with Crippen molar-refractivity contribution in [3.63, 3.8) is 0 Å². The van der Waals surface area contributed by atoms with Gasteiger partial charge in [-0.05, 0) is 80.9 Å². The molecule has 1 aliphatic rings. The van der Waals surface area contributed by atoms with Crippen molar-refractivity contribution in [2.75, 3.05) is 30.8 Å². The molecular weight excluding hydrogens is 438 g/mol. The summed E-state index contributed by atoms with van der Waals surface area (Å²) in [5.41, 5.74) is 2.17. The van der Waals surface area contributed by atoms with Gasteiger partial charge in [-0.15, -0.1) is 0 Å². The molecule has 5 rings (SSSR count). The van der Waals surface area contributed by atoms with Gasteiger partial charge in [-0.3, -0.25) is 9.89 Å². The Morgan fingerprint density at radius 1 is 1.06 bits per heavy atom. The van der Waals surface area contributed by atoms with Gasteiger partial charge < -0.3 is 15.5 Å². The molecule has 0 aliphatic carbocycles. The molecule has 2 aromatic carbocycles. The van der Waals surface area contributed by atoms with Crippen LogP contribution in [-0.2, 0) is 0 Å². The minimum absolute atomic E-state index is 0.0245. The van der Waals surface area contributed by atoms with Crippen molar-refractivity contribution in [3.05, 3.63) is 77.4 Å². The van der Waals surface area contributed by atoms with Crippen molar-refractivity contribution in [3.8, 4) is 0 Å². The van der Waals surface area contributed by atoms with Crippen LogP contribution in [-0.4, -0.2) is 46.1 Å². The van der Waals surface area contributed by atoms with Crippen LogP contribution in [0.4, 0.5) is 26.1 Å². The highest BCUT2D eigenvalue weighted by molar-refractivity contribution is 6.07. The van der Waals surface area contributed by atoms with Crippen molar-refractivity contribution >= 4 is 34.3 Å². The number of amides is 1. The first-order chi connectivity index (χ1) is 16.5. The van der Waals surface area contributed by atoms with E-state index < -0.39 is 11.6 Å². The lowest BCUT2D eigenvalue weighted by Crippen LogP contribution is -2.29. The molecule has 0 unspecified atom stereocenters. The highest BCUT2D eigenvalue weighted by Gasteiger charge is 2.19. The number of piperidine rings is 1. The first-order valence-electron chi connectivity index (χ1n) is 11.1. The van der Waals surface area contributed by atoms with Gasteiger partial charge in [0.15, 0.2) is 11.5 Å². The number of benzene rings is 2. The number of anilines is 3. The van der Waals surface area contributed by atoms with E-state index in [-0.39, 0.29) is 11.6 Å². The standard InChI is InChI=1S/C25H24F2N6O/c1-33-12-10-16(11-13-33)15-2-4-17(5-3-15)25(34)30-24-19-7-9-22(29-23(19)31-32-24)28-21-14-18(26)6-8-20(21)27/h2-9,14,16H,10-13H2,1H3,(H3,28,29,30,31,32,34). The molecule has 0 saturated carbocycles. The van der Waals surface area contributed by atoms with E-state index in [0.29, 0.717) is 34.2 Å². The fraction of sp³-hybridized carbons (Fsp3) is 0.240. The average Bonchev–Trinajstić information content (AvgIpc) is 3.24. The maximum atomic E-state index is 13.9. The van der Waals surface area contributed by atoms with Crippen molar-refractivity contribution < 1.29 is 13.6 Å². The molecule has 2 aromatic heterocycles. The summed E-state index contributed by atoms with van der Waals surface area (Å²) >= 11 is 0. The number of nitrogens with one attached hydrogen (secondary N) is 3. The first kappa shape index (κ1) is 22.0. The third-order valence-corrected chi connectivity index (χ3v) is 6.21. The van der Waals surface area contributed by atoms with Crippen LogP contribution in [0.1, 0.15) is 34.7 Å². The van der Waals surface area contributed by atoms with E-state index >= 15 is 0 Å². The number of aromatic nitrogens is 3. The fourth-order valence-corrected chi connectivity index (χ4v) is 4.23. The maximum absolute atomic E-state index is 13.9. The normalized spacial score (nSPS) is 14.9. The summed E-state index contributed by atoms with van der Waals surface area (Å²) in [6, 6.07) is 14.2. The molecule has 3 heterocycles. The Bertz CT molecular complexity index is 1330. The number of likely N-dealkylation sites (tertiary alicyclic amines) is 1. The van der Waals surface area contributed by atoms with Crippen LogP contribution >= 0.6 is 0 Å². The Kier molecular flexibility index (Phi) is 5.93. The number of nitrogens with zero attached hydrogens (tertiary/aromatic N) is 3.